The van der Waals surface area contributed by atoms with Crippen molar-refractivity contribution in [3.05, 3.63) is 97.1 Å². The van der Waals surface area contributed by atoms with Crippen molar-refractivity contribution < 1.29 is 9.47 Å². The first kappa shape index (κ1) is 18.2. The standard InChI is InChI=1S/C22H26O2/c1-4-21(23-16-19-12-8-6-9-13-19)18(3)22(5-2)24-17-20-14-10-7-11-15-20/h4-15,18,21-22H,1-2,16-17H2,3H3/t18?,21-,22+. The molecule has 2 heteroatoms. The summed E-state index contributed by atoms with van der Waals surface area (Å²) >= 11 is 0. The highest BCUT2D eigenvalue weighted by Gasteiger charge is 2.23. The van der Waals surface area contributed by atoms with Crippen molar-refractivity contribution in [2.45, 2.75) is 32.3 Å². The fourth-order valence-electron chi connectivity index (χ4n) is 2.59. The minimum absolute atomic E-state index is 0.0935. The maximum absolute atomic E-state index is 6.03. The zero-order chi connectivity index (χ0) is 17.2. The molecule has 0 fully saturated rings. The molecule has 2 aromatic carbocycles. The Morgan fingerprint density at radius 2 is 1.12 bits per heavy atom. The van der Waals surface area contributed by atoms with Crippen LogP contribution >= 0.6 is 0 Å². The van der Waals surface area contributed by atoms with Gasteiger partial charge in [0.05, 0.1) is 25.4 Å². The van der Waals surface area contributed by atoms with Crippen LogP contribution in [0.15, 0.2) is 86.0 Å². The van der Waals surface area contributed by atoms with Crippen molar-refractivity contribution in [2.75, 3.05) is 0 Å². The van der Waals surface area contributed by atoms with Gasteiger partial charge in [-0.15, -0.1) is 13.2 Å². The molecule has 1 unspecified atom stereocenters. The van der Waals surface area contributed by atoms with Crippen LogP contribution < -0.4 is 0 Å². The minimum atomic E-state index is -0.0935. The van der Waals surface area contributed by atoms with Crippen molar-refractivity contribution in [1.29, 1.82) is 0 Å². The largest absolute Gasteiger partial charge is 0.369 e. The summed E-state index contributed by atoms with van der Waals surface area (Å²) in [5.74, 6) is 0.132. The average molecular weight is 322 g/mol. The third-order valence-corrected chi connectivity index (χ3v) is 4.07. The molecule has 0 saturated heterocycles. The van der Waals surface area contributed by atoms with E-state index in [1.807, 2.05) is 48.6 Å². The van der Waals surface area contributed by atoms with Crippen molar-refractivity contribution in [3.63, 3.8) is 0 Å². The van der Waals surface area contributed by atoms with Gasteiger partial charge in [-0.3, -0.25) is 0 Å². The van der Waals surface area contributed by atoms with Crippen LogP contribution in [-0.4, -0.2) is 12.2 Å². The van der Waals surface area contributed by atoms with E-state index in [0.717, 1.165) is 11.1 Å². The molecule has 0 heterocycles. The van der Waals surface area contributed by atoms with Crippen LogP contribution in [-0.2, 0) is 22.7 Å². The van der Waals surface area contributed by atoms with Gasteiger partial charge in [0.25, 0.3) is 0 Å². The molecule has 24 heavy (non-hydrogen) atoms. The molecule has 0 bridgehead atoms. The number of rotatable bonds is 10. The summed E-state index contributed by atoms with van der Waals surface area (Å²) in [7, 11) is 0. The van der Waals surface area contributed by atoms with E-state index in [2.05, 4.69) is 44.3 Å². The summed E-state index contributed by atoms with van der Waals surface area (Å²) in [6.45, 7) is 11.1. The fraction of sp³-hybridized carbons (Fsp3) is 0.273. The van der Waals surface area contributed by atoms with Gasteiger partial charge in [-0.05, 0) is 11.1 Å². The zero-order valence-corrected chi connectivity index (χ0v) is 14.3. The van der Waals surface area contributed by atoms with Crippen LogP contribution in [0.4, 0.5) is 0 Å². The molecule has 0 spiro atoms. The van der Waals surface area contributed by atoms with Crippen molar-refractivity contribution in [3.8, 4) is 0 Å². The second kappa shape index (κ2) is 9.86. The normalized spacial score (nSPS) is 14.5. The lowest BCUT2D eigenvalue weighted by molar-refractivity contribution is -0.0325. The summed E-state index contributed by atoms with van der Waals surface area (Å²) in [5.41, 5.74) is 2.30. The predicted molar refractivity (Wildman–Crippen MR) is 99.6 cm³/mol. The first-order valence-corrected chi connectivity index (χ1v) is 8.30. The summed E-state index contributed by atoms with van der Waals surface area (Å²) < 4.78 is 12.1. The second-order valence-electron chi connectivity index (χ2n) is 5.85. The van der Waals surface area contributed by atoms with Gasteiger partial charge in [0.1, 0.15) is 0 Å². The highest BCUT2D eigenvalue weighted by atomic mass is 16.5. The molecule has 3 atom stereocenters. The van der Waals surface area contributed by atoms with Gasteiger partial charge in [-0.1, -0.05) is 79.7 Å². The molecule has 2 aromatic rings. The lowest BCUT2D eigenvalue weighted by Crippen LogP contribution is -2.31. The number of hydrogen-bond acceptors (Lipinski definition) is 2. The smallest absolute Gasteiger partial charge is 0.0811 e. The van der Waals surface area contributed by atoms with E-state index >= 15 is 0 Å². The molecule has 0 amide bonds. The Bertz CT molecular complexity index is 551. The third-order valence-electron chi connectivity index (χ3n) is 4.07. The van der Waals surface area contributed by atoms with Crippen LogP contribution in [0, 0.1) is 5.92 Å². The average Bonchev–Trinajstić information content (AvgIpc) is 2.64. The van der Waals surface area contributed by atoms with Crippen molar-refractivity contribution >= 4 is 0 Å². The van der Waals surface area contributed by atoms with E-state index in [1.54, 1.807) is 0 Å². The summed E-state index contributed by atoms with van der Waals surface area (Å²) in [5, 5.41) is 0. The number of benzene rings is 2. The molecule has 0 aliphatic carbocycles. The van der Waals surface area contributed by atoms with Gasteiger partial charge in [0, 0.05) is 5.92 Å². The summed E-state index contributed by atoms with van der Waals surface area (Å²) in [6, 6.07) is 20.3. The van der Waals surface area contributed by atoms with Crippen LogP contribution in [0.2, 0.25) is 0 Å². The molecule has 0 aliphatic heterocycles. The van der Waals surface area contributed by atoms with Crippen LogP contribution in [0.3, 0.4) is 0 Å². The topological polar surface area (TPSA) is 18.5 Å². The van der Waals surface area contributed by atoms with E-state index < -0.39 is 0 Å². The fourth-order valence-corrected chi connectivity index (χ4v) is 2.59. The highest BCUT2D eigenvalue weighted by molar-refractivity contribution is 5.14. The molecule has 0 radical (unpaired) electrons. The Kier molecular flexibility index (Phi) is 7.47. The zero-order valence-electron chi connectivity index (χ0n) is 14.3. The lowest BCUT2D eigenvalue weighted by Gasteiger charge is -2.27. The maximum atomic E-state index is 6.03. The van der Waals surface area contributed by atoms with E-state index in [0.29, 0.717) is 13.2 Å². The molecule has 0 aromatic heterocycles. The Balaban J connectivity index is 1.90. The van der Waals surface area contributed by atoms with Gasteiger partial charge >= 0.3 is 0 Å². The maximum Gasteiger partial charge on any atom is 0.0811 e. The second-order valence-corrected chi connectivity index (χ2v) is 5.85. The SMILES string of the molecule is C=C[C@H](OCc1ccccc1)C(C)[C@@H](C=C)OCc1ccccc1. The molecule has 2 nitrogen and oxygen atoms in total. The molecular formula is C22H26O2. The summed E-state index contributed by atoms with van der Waals surface area (Å²) in [6.07, 6.45) is 3.50. The van der Waals surface area contributed by atoms with E-state index in [1.165, 1.54) is 0 Å². The first-order valence-electron chi connectivity index (χ1n) is 8.30. The molecule has 0 saturated carbocycles. The predicted octanol–water partition coefficient (Wildman–Crippen LogP) is 5.17. The Morgan fingerprint density at radius 1 is 0.750 bits per heavy atom. The van der Waals surface area contributed by atoms with Gasteiger partial charge in [0.2, 0.25) is 0 Å². The number of ether oxygens (including phenoxy) is 2. The minimum Gasteiger partial charge on any atom is -0.369 e. The van der Waals surface area contributed by atoms with Gasteiger partial charge in [0.15, 0.2) is 0 Å². The monoisotopic (exact) mass is 322 g/mol. The van der Waals surface area contributed by atoms with Crippen LogP contribution in [0.25, 0.3) is 0 Å². The van der Waals surface area contributed by atoms with E-state index in [9.17, 15) is 0 Å². The van der Waals surface area contributed by atoms with Crippen molar-refractivity contribution in [2.24, 2.45) is 5.92 Å². The molecule has 2 rings (SSSR count). The number of hydrogen-bond donors (Lipinski definition) is 0. The quantitative estimate of drug-likeness (QED) is 0.562. The van der Waals surface area contributed by atoms with E-state index in [-0.39, 0.29) is 18.1 Å². The van der Waals surface area contributed by atoms with E-state index in [4.69, 9.17) is 9.47 Å². The Morgan fingerprint density at radius 3 is 1.46 bits per heavy atom. The molecule has 0 aliphatic rings. The highest BCUT2D eigenvalue weighted by Crippen LogP contribution is 2.20. The van der Waals surface area contributed by atoms with Crippen LogP contribution in [0.1, 0.15) is 18.1 Å². The van der Waals surface area contributed by atoms with Crippen LogP contribution in [0.5, 0.6) is 0 Å². The Hall–Kier alpha value is -2.16. The lowest BCUT2D eigenvalue weighted by atomic mass is 9.97. The molecular weight excluding hydrogens is 296 g/mol. The Labute approximate surface area is 145 Å². The van der Waals surface area contributed by atoms with Gasteiger partial charge in [-0.25, -0.2) is 0 Å². The summed E-state index contributed by atoms with van der Waals surface area (Å²) in [4.78, 5) is 0. The molecule has 126 valence electrons. The van der Waals surface area contributed by atoms with Crippen molar-refractivity contribution in [1.82, 2.24) is 0 Å². The van der Waals surface area contributed by atoms with Gasteiger partial charge in [-0.2, -0.15) is 0 Å². The van der Waals surface area contributed by atoms with Gasteiger partial charge < -0.3 is 9.47 Å². The molecule has 0 N–H and O–H groups in total. The first-order chi connectivity index (χ1) is 11.7. The third kappa shape index (κ3) is 5.48.